The van der Waals surface area contributed by atoms with Gasteiger partial charge in [-0.3, -0.25) is 4.79 Å². The van der Waals surface area contributed by atoms with Crippen LogP contribution in [0.5, 0.6) is 0 Å². The van der Waals surface area contributed by atoms with Gasteiger partial charge in [0.05, 0.1) is 0 Å². The average Bonchev–Trinajstić information content (AvgIpc) is 2.52. The van der Waals surface area contributed by atoms with Gasteiger partial charge in [-0.15, -0.1) is 0 Å². The Kier molecular flexibility index (Phi) is 3.20. The van der Waals surface area contributed by atoms with E-state index in [1.807, 2.05) is 44.2 Å². The Morgan fingerprint density at radius 3 is 2.29 bits per heavy atom. The number of hydrogen-bond donors (Lipinski definition) is 0. The van der Waals surface area contributed by atoms with Gasteiger partial charge in [-0.1, -0.05) is 42.1 Å². The molecule has 1 aliphatic rings. The van der Waals surface area contributed by atoms with E-state index in [9.17, 15) is 4.79 Å². The van der Waals surface area contributed by atoms with Crippen LogP contribution in [0.4, 0.5) is 0 Å². The van der Waals surface area contributed by atoms with Gasteiger partial charge >= 0.3 is 0 Å². The summed E-state index contributed by atoms with van der Waals surface area (Å²) in [6, 6.07) is 8.01. The minimum atomic E-state index is -2.00. The van der Waals surface area contributed by atoms with Crippen molar-refractivity contribution in [2.45, 2.75) is 20.8 Å². The van der Waals surface area contributed by atoms with Gasteiger partial charge in [-0.2, -0.15) is 0 Å². The van der Waals surface area contributed by atoms with Gasteiger partial charge in [0.1, 0.15) is 0 Å². The van der Waals surface area contributed by atoms with Gasteiger partial charge in [-0.05, 0) is 43.0 Å². The summed E-state index contributed by atoms with van der Waals surface area (Å²) in [5.74, 6) is 2.24. The second-order valence-corrected chi connectivity index (χ2v) is 8.60. The minimum Gasteiger partial charge on any atom is -0.294 e. The predicted molar refractivity (Wildman–Crippen MR) is 77.5 cm³/mol. The molecular formula is C14H15OPS. The van der Waals surface area contributed by atoms with E-state index in [1.165, 1.54) is 0 Å². The number of allylic oxidation sites excluding steroid dienone is 3. The number of Topliss-reactive ketones (excluding diaryl/α,β-unsaturated/α-hetero) is 1. The second-order valence-electron chi connectivity index (χ2n) is 4.34. The lowest BCUT2D eigenvalue weighted by molar-refractivity contribution is -0.113. The molecule has 0 amide bonds. The van der Waals surface area contributed by atoms with Crippen LogP contribution in [0.2, 0.25) is 0 Å². The Balaban J connectivity index is 2.68. The maximum Gasteiger partial charge on any atom is 0.161 e. The third-order valence-corrected chi connectivity index (χ3v) is 7.75. The zero-order chi connectivity index (χ0) is 12.6. The topological polar surface area (TPSA) is 17.1 Å². The molecule has 1 atom stereocenters. The predicted octanol–water partition coefficient (Wildman–Crippen LogP) is 3.57. The van der Waals surface area contributed by atoms with Crippen LogP contribution < -0.4 is 5.30 Å². The Hall–Kier alpha value is -0.980. The van der Waals surface area contributed by atoms with Crippen LogP contribution in [0.3, 0.4) is 0 Å². The summed E-state index contributed by atoms with van der Waals surface area (Å²) in [5.41, 5.74) is 2.23. The Bertz CT molecular complexity index is 581. The van der Waals surface area contributed by atoms with E-state index >= 15 is 0 Å². The van der Waals surface area contributed by atoms with Crippen LogP contribution in [0.15, 0.2) is 52.6 Å². The minimum absolute atomic E-state index is 0.114. The fourth-order valence-corrected chi connectivity index (χ4v) is 6.89. The molecule has 1 aromatic rings. The lowest BCUT2D eigenvalue weighted by atomic mass is 10.1. The van der Waals surface area contributed by atoms with Gasteiger partial charge in [0, 0.05) is 11.4 Å². The molecule has 88 valence electrons. The maximum absolute atomic E-state index is 11.9. The lowest BCUT2D eigenvalue weighted by Crippen LogP contribution is -2.07. The zero-order valence-corrected chi connectivity index (χ0v) is 11.9. The number of carbonyl (C=O) groups excluding carboxylic acids is 1. The van der Waals surface area contributed by atoms with Crippen LogP contribution in [-0.4, -0.2) is 5.78 Å². The van der Waals surface area contributed by atoms with Gasteiger partial charge in [0.2, 0.25) is 0 Å². The second kappa shape index (κ2) is 4.36. The van der Waals surface area contributed by atoms with Gasteiger partial charge in [0.25, 0.3) is 0 Å². The molecule has 1 nitrogen and oxygen atoms in total. The van der Waals surface area contributed by atoms with Gasteiger partial charge in [0.15, 0.2) is 5.78 Å². The highest BCUT2D eigenvalue weighted by Crippen LogP contribution is 2.61. The van der Waals surface area contributed by atoms with E-state index in [0.29, 0.717) is 0 Å². The van der Waals surface area contributed by atoms with Crippen molar-refractivity contribution in [2.75, 3.05) is 0 Å². The van der Waals surface area contributed by atoms with Crippen molar-refractivity contribution in [1.82, 2.24) is 0 Å². The standard InChI is InChI=1S/C14H15OPS/c1-10-9-16(17,13-7-5-4-6-8-13)14(11(10)2)12(3)15/h4-9H,1-3H3. The molecule has 1 aromatic carbocycles. The fraction of sp³-hybridized carbons (Fsp3) is 0.214. The van der Waals surface area contributed by atoms with Crippen molar-refractivity contribution >= 4 is 28.9 Å². The first-order chi connectivity index (χ1) is 7.97. The molecule has 0 radical (unpaired) electrons. The molecule has 2 rings (SSSR count). The first-order valence-corrected chi connectivity index (χ1v) is 8.41. The number of benzene rings is 1. The van der Waals surface area contributed by atoms with E-state index in [1.54, 1.807) is 6.92 Å². The maximum atomic E-state index is 11.9. The van der Waals surface area contributed by atoms with Crippen molar-refractivity contribution in [3.8, 4) is 0 Å². The smallest absolute Gasteiger partial charge is 0.161 e. The summed E-state index contributed by atoms with van der Waals surface area (Å²) in [6.07, 6.45) is 0. The molecule has 1 aliphatic heterocycles. The summed E-state index contributed by atoms with van der Waals surface area (Å²) in [6.45, 7) is 5.66. The highest BCUT2D eigenvalue weighted by atomic mass is 32.4. The quantitative estimate of drug-likeness (QED) is 0.758. The van der Waals surface area contributed by atoms with E-state index in [2.05, 4.69) is 5.82 Å². The SMILES string of the molecule is CC(=O)C1=C(C)C(C)=CP1(=S)c1ccccc1. The molecule has 0 bridgehead atoms. The fourth-order valence-electron chi connectivity index (χ4n) is 2.22. The molecule has 0 saturated carbocycles. The zero-order valence-electron chi connectivity index (χ0n) is 10.2. The van der Waals surface area contributed by atoms with E-state index < -0.39 is 6.04 Å². The molecule has 0 N–H and O–H groups in total. The summed E-state index contributed by atoms with van der Waals surface area (Å²) < 4.78 is 0. The normalized spacial score (nSPS) is 23.8. The summed E-state index contributed by atoms with van der Waals surface area (Å²) in [5, 5.41) is 1.97. The van der Waals surface area contributed by atoms with Gasteiger partial charge in [-0.25, -0.2) is 0 Å². The third kappa shape index (κ3) is 1.96. The highest BCUT2D eigenvalue weighted by molar-refractivity contribution is 8.22. The monoisotopic (exact) mass is 262 g/mol. The molecule has 0 aliphatic carbocycles. The van der Waals surface area contributed by atoms with E-state index in [-0.39, 0.29) is 5.78 Å². The number of rotatable bonds is 2. The molecule has 0 saturated heterocycles. The Morgan fingerprint density at radius 1 is 1.18 bits per heavy atom. The van der Waals surface area contributed by atoms with Gasteiger partial charge < -0.3 is 0 Å². The Labute approximate surface area is 107 Å². The van der Waals surface area contributed by atoms with Crippen molar-refractivity contribution in [3.63, 3.8) is 0 Å². The van der Waals surface area contributed by atoms with Crippen molar-refractivity contribution in [3.05, 3.63) is 52.6 Å². The van der Waals surface area contributed by atoms with Crippen LogP contribution in [0.1, 0.15) is 20.8 Å². The van der Waals surface area contributed by atoms with Crippen LogP contribution in [0, 0.1) is 0 Å². The average molecular weight is 262 g/mol. The van der Waals surface area contributed by atoms with Crippen molar-refractivity contribution in [1.29, 1.82) is 0 Å². The first kappa shape index (κ1) is 12.5. The molecule has 17 heavy (non-hydrogen) atoms. The van der Waals surface area contributed by atoms with Crippen molar-refractivity contribution < 1.29 is 4.79 Å². The first-order valence-electron chi connectivity index (χ1n) is 5.54. The lowest BCUT2D eigenvalue weighted by Gasteiger charge is -2.17. The number of ketones is 1. The largest absolute Gasteiger partial charge is 0.294 e. The number of carbonyl (C=O) groups is 1. The molecule has 0 spiro atoms. The third-order valence-electron chi connectivity index (χ3n) is 3.13. The van der Waals surface area contributed by atoms with Crippen LogP contribution >= 0.6 is 6.04 Å². The molecule has 1 unspecified atom stereocenters. The van der Waals surface area contributed by atoms with E-state index in [0.717, 1.165) is 21.8 Å². The van der Waals surface area contributed by atoms with Crippen molar-refractivity contribution in [2.24, 2.45) is 0 Å². The molecule has 1 heterocycles. The van der Waals surface area contributed by atoms with E-state index in [4.69, 9.17) is 11.8 Å². The molecule has 0 fully saturated rings. The van der Waals surface area contributed by atoms with Crippen LogP contribution in [-0.2, 0) is 16.6 Å². The Morgan fingerprint density at radius 2 is 1.76 bits per heavy atom. The molecule has 0 aromatic heterocycles. The van der Waals surface area contributed by atoms with Crippen LogP contribution in [0.25, 0.3) is 0 Å². The molecular weight excluding hydrogens is 247 g/mol. The summed E-state index contributed by atoms with van der Waals surface area (Å²) in [4.78, 5) is 11.9. The summed E-state index contributed by atoms with van der Waals surface area (Å²) >= 11 is 5.84. The highest BCUT2D eigenvalue weighted by Gasteiger charge is 2.32. The molecule has 3 heteroatoms. The summed E-state index contributed by atoms with van der Waals surface area (Å²) in [7, 11) is 0. The number of hydrogen-bond acceptors (Lipinski definition) is 2.